The zero-order valence-corrected chi connectivity index (χ0v) is 14.4. The maximum absolute atomic E-state index is 12.0. The number of piperazine rings is 1. The standard InChI is InChI=1S/C15H23N3O3S/c1-5-11(19)12-10-16-13(22-12)17-6-8-18(9-7-17)14(20)21-15(2,3)4/h10H,5-9H2,1-4H3. The molecule has 1 aliphatic rings. The summed E-state index contributed by atoms with van der Waals surface area (Å²) in [6.45, 7) is 10.0. The highest BCUT2D eigenvalue weighted by atomic mass is 32.1. The van der Waals surface area contributed by atoms with Gasteiger partial charge in [-0.15, -0.1) is 0 Å². The van der Waals surface area contributed by atoms with Crippen LogP contribution in [-0.2, 0) is 4.74 Å². The van der Waals surface area contributed by atoms with E-state index in [2.05, 4.69) is 9.88 Å². The lowest BCUT2D eigenvalue weighted by atomic mass is 10.2. The second-order valence-electron chi connectivity index (χ2n) is 6.24. The number of hydrogen-bond donors (Lipinski definition) is 0. The fourth-order valence-corrected chi connectivity index (χ4v) is 3.10. The summed E-state index contributed by atoms with van der Waals surface area (Å²) in [6.07, 6.45) is 1.87. The van der Waals surface area contributed by atoms with Crippen LogP contribution in [-0.4, -0.2) is 53.5 Å². The highest BCUT2D eigenvalue weighted by Crippen LogP contribution is 2.25. The van der Waals surface area contributed by atoms with Crippen LogP contribution in [0.2, 0.25) is 0 Å². The van der Waals surface area contributed by atoms with Crippen molar-refractivity contribution in [1.29, 1.82) is 0 Å². The molecule has 0 atom stereocenters. The Morgan fingerprint density at radius 3 is 2.45 bits per heavy atom. The molecule has 7 heteroatoms. The van der Waals surface area contributed by atoms with Gasteiger partial charge in [-0.1, -0.05) is 18.3 Å². The number of thiazole rings is 1. The van der Waals surface area contributed by atoms with Gasteiger partial charge in [-0.05, 0) is 20.8 Å². The van der Waals surface area contributed by atoms with Crippen molar-refractivity contribution in [2.24, 2.45) is 0 Å². The van der Waals surface area contributed by atoms with Gasteiger partial charge in [0.2, 0.25) is 0 Å². The fourth-order valence-electron chi connectivity index (χ4n) is 2.12. The molecule has 6 nitrogen and oxygen atoms in total. The summed E-state index contributed by atoms with van der Waals surface area (Å²) in [5, 5.41) is 0.848. The first kappa shape index (κ1) is 16.7. The molecule has 2 rings (SSSR count). The molecule has 0 bridgehead atoms. The van der Waals surface area contributed by atoms with E-state index in [1.165, 1.54) is 11.3 Å². The maximum Gasteiger partial charge on any atom is 0.410 e. The summed E-state index contributed by atoms with van der Waals surface area (Å²) < 4.78 is 5.38. The molecule has 1 aromatic heterocycles. The lowest BCUT2D eigenvalue weighted by molar-refractivity contribution is 0.0240. The zero-order chi connectivity index (χ0) is 16.3. The average Bonchev–Trinajstić information content (AvgIpc) is 2.94. The molecule has 0 spiro atoms. The molecule has 1 aliphatic heterocycles. The van der Waals surface area contributed by atoms with Gasteiger partial charge in [-0.3, -0.25) is 4.79 Å². The van der Waals surface area contributed by atoms with E-state index in [9.17, 15) is 9.59 Å². The summed E-state index contributed by atoms with van der Waals surface area (Å²) in [6, 6.07) is 0. The van der Waals surface area contributed by atoms with Crippen LogP contribution in [0.1, 0.15) is 43.8 Å². The number of hydrogen-bond acceptors (Lipinski definition) is 6. The summed E-state index contributed by atoms with van der Waals surface area (Å²) >= 11 is 1.42. The van der Waals surface area contributed by atoms with E-state index in [-0.39, 0.29) is 11.9 Å². The first-order chi connectivity index (χ1) is 10.3. The molecular weight excluding hydrogens is 302 g/mol. The molecule has 1 amide bonds. The van der Waals surface area contributed by atoms with E-state index >= 15 is 0 Å². The number of ketones is 1. The van der Waals surface area contributed by atoms with Crippen LogP contribution < -0.4 is 4.90 Å². The third kappa shape index (κ3) is 4.19. The van der Waals surface area contributed by atoms with E-state index in [1.54, 1.807) is 11.1 Å². The SMILES string of the molecule is CCC(=O)c1cnc(N2CCN(C(=O)OC(C)(C)C)CC2)s1. The van der Waals surface area contributed by atoms with Crippen molar-refractivity contribution >= 4 is 28.3 Å². The minimum atomic E-state index is -0.473. The Balaban J connectivity index is 1.91. The van der Waals surface area contributed by atoms with E-state index in [0.717, 1.165) is 5.13 Å². The van der Waals surface area contributed by atoms with Gasteiger partial charge in [-0.25, -0.2) is 9.78 Å². The highest BCUT2D eigenvalue weighted by Gasteiger charge is 2.27. The van der Waals surface area contributed by atoms with Crippen LogP contribution >= 0.6 is 11.3 Å². The number of aromatic nitrogens is 1. The Kier molecular flexibility index (Phi) is 5.05. The van der Waals surface area contributed by atoms with E-state index in [1.807, 2.05) is 27.7 Å². The number of carbonyl (C=O) groups excluding carboxylic acids is 2. The summed E-state index contributed by atoms with van der Waals surface area (Å²) in [7, 11) is 0. The van der Waals surface area contributed by atoms with Crippen LogP contribution in [0.5, 0.6) is 0 Å². The first-order valence-corrected chi connectivity index (χ1v) is 8.33. The van der Waals surface area contributed by atoms with Gasteiger partial charge in [0.1, 0.15) is 5.60 Å². The topological polar surface area (TPSA) is 62.7 Å². The molecule has 0 radical (unpaired) electrons. The van der Waals surface area contributed by atoms with Crippen molar-refractivity contribution in [3.05, 3.63) is 11.1 Å². The van der Waals surface area contributed by atoms with Gasteiger partial charge in [0.15, 0.2) is 10.9 Å². The molecule has 0 unspecified atom stereocenters. The van der Waals surface area contributed by atoms with E-state index in [0.29, 0.717) is 37.5 Å². The van der Waals surface area contributed by atoms with E-state index < -0.39 is 5.60 Å². The number of nitrogens with zero attached hydrogens (tertiary/aromatic N) is 3. The van der Waals surface area contributed by atoms with Crippen molar-refractivity contribution in [1.82, 2.24) is 9.88 Å². The smallest absolute Gasteiger partial charge is 0.410 e. The Morgan fingerprint density at radius 2 is 1.91 bits per heavy atom. The Labute approximate surface area is 135 Å². The molecule has 1 fully saturated rings. The largest absolute Gasteiger partial charge is 0.444 e. The zero-order valence-electron chi connectivity index (χ0n) is 13.6. The van der Waals surface area contributed by atoms with Crippen LogP contribution in [0.25, 0.3) is 0 Å². The van der Waals surface area contributed by atoms with Crippen molar-refractivity contribution in [2.45, 2.75) is 39.7 Å². The number of carbonyl (C=O) groups is 2. The molecule has 0 aromatic carbocycles. The highest BCUT2D eigenvalue weighted by molar-refractivity contribution is 7.17. The van der Waals surface area contributed by atoms with Gasteiger partial charge < -0.3 is 14.5 Å². The summed E-state index contributed by atoms with van der Waals surface area (Å²) in [5.41, 5.74) is -0.473. The summed E-state index contributed by atoms with van der Waals surface area (Å²) in [4.78, 5) is 32.5. The van der Waals surface area contributed by atoms with Crippen molar-refractivity contribution in [3.8, 4) is 0 Å². The molecule has 1 saturated heterocycles. The Morgan fingerprint density at radius 1 is 1.27 bits per heavy atom. The van der Waals surface area contributed by atoms with Gasteiger partial charge >= 0.3 is 6.09 Å². The predicted octanol–water partition coefficient (Wildman–Crippen LogP) is 2.79. The number of rotatable bonds is 3. The fraction of sp³-hybridized carbons (Fsp3) is 0.667. The second-order valence-corrected chi connectivity index (χ2v) is 7.25. The lowest BCUT2D eigenvalue weighted by Gasteiger charge is -2.35. The molecular formula is C15H23N3O3S. The van der Waals surface area contributed by atoms with E-state index in [4.69, 9.17) is 4.74 Å². The Bertz CT molecular complexity index is 542. The molecule has 22 heavy (non-hydrogen) atoms. The van der Waals surface area contributed by atoms with Gasteiger partial charge in [0.05, 0.1) is 11.1 Å². The monoisotopic (exact) mass is 325 g/mol. The first-order valence-electron chi connectivity index (χ1n) is 7.52. The quantitative estimate of drug-likeness (QED) is 0.800. The van der Waals surface area contributed by atoms with Gasteiger partial charge in [0.25, 0.3) is 0 Å². The summed E-state index contributed by atoms with van der Waals surface area (Å²) in [5.74, 6) is 0.121. The maximum atomic E-state index is 12.0. The minimum absolute atomic E-state index is 0.121. The number of amides is 1. The van der Waals surface area contributed by atoms with Crippen molar-refractivity contribution in [2.75, 3.05) is 31.1 Å². The molecule has 0 saturated carbocycles. The molecule has 2 heterocycles. The molecule has 0 aliphatic carbocycles. The number of Topliss-reactive ketones (excluding diaryl/α,β-unsaturated/α-hetero) is 1. The molecule has 0 N–H and O–H groups in total. The second kappa shape index (κ2) is 6.64. The van der Waals surface area contributed by atoms with Crippen molar-refractivity contribution in [3.63, 3.8) is 0 Å². The van der Waals surface area contributed by atoms with Crippen LogP contribution in [0.4, 0.5) is 9.93 Å². The number of ether oxygens (including phenoxy) is 1. The average molecular weight is 325 g/mol. The van der Waals surface area contributed by atoms with Crippen LogP contribution in [0.3, 0.4) is 0 Å². The number of anilines is 1. The molecule has 1 aromatic rings. The van der Waals surface area contributed by atoms with Crippen molar-refractivity contribution < 1.29 is 14.3 Å². The van der Waals surface area contributed by atoms with Crippen LogP contribution in [0, 0.1) is 0 Å². The van der Waals surface area contributed by atoms with Gasteiger partial charge in [-0.2, -0.15) is 0 Å². The predicted molar refractivity (Wildman–Crippen MR) is 86.8 cm³/mol. The lowest BCUT2D eigenvalue weighted by Crippen LogP contribution is -2.50. The minimum Gasteiger partial charge on any atom is -0.444 e. The van der Waals surface area contributed by atoms with Crippen LogP contribution in [0.15, 0.2) is 6.20 Å². The Hall–Kier alpha value is -1.63. The third-order valence-electron chi connectivity index (χ3n) is 3.29. The van der Waals surface area contributed by atoms with Gasteiger partial charge in [0, 0.05) is 32.6 Å². The molecule has 122 valence electrons. The normalized spacial score (nSPS) is 15.8. The third-order valence-corrected chi connectivity index (χ3v) is 4.39.